The molecule has 5 heteroatoms. The topological polar surface area (TPSA) is 81.4 Å². The predicted octanol–water partition coefficient (Wildman–Crippen LogP) is 3.86. The summed E-state index contributed by atoms with van der Waals surface area (Å²) in [5, 5.41) is 2.92. The lowest BCUT2D eigenvalue weighted by atomic mass is 10.0. The lowest BCUT2D eigenvalue weighted by Gasteiger charge is -2.17. The third kappa shape index (κ3) is 4.52. The number of ether oxygens (including phenoxy) is 1. The lowest BCUT2D eigenvalue weighted by Crippen LogP contribution is -2.30. The van der Waals surface area contributed by atoms with Gasteiger partial charge >= 0.3 is 0 Å². The van der Waals surface area contributed by atoms with Crippen LogP contribution in [0.3, 0.4) is 0 Å². The molecule has 0 radical (unpaired) electrons. The van der Waals surface area contributed by atoms with Crippen molar-refractivity contribution in [2.45, 2.75) is 13.0 Å². The second-order valence-corrected chi connectivity index (χ2v) is 6.05. The molecule has 136 valence electrons. The van der Waals surface area contributed by atoms with Crippen LogP contribution in [-0.4, -0.2) is 17.9 Å². The van der Waals surface area contributed by atoms with E-state index in [9.17, 15) is 9.59 Å². The minimum atomic E-state index is -0.715. The van der Waals surface area contributed by atoms with Crippen LogP contribution in [0.15, 0.2) is 78.9 Å². The smallest absolute Gasteiger partial charge is 0.265 e. The average Bonchev–Trinajstić information content (AvgIpc) is 2.69. The van der Waals surface area contributed by atoms with Crippen molar-refractivity contribution in [3.8, 4) is 16.9 Å². The zero-order valence-electron chi connectivity index (χ0n) is 14.9. The molecule has 0 bridgehead atoms. The Kier molecular flexibility index (Phi) is 5.52. The Labute approximate surface area is 157 Å². The van der Waals surface area contributed by atoms with Gasteiger partial charge in [-0.15, -0.1) is 0 Å². The third-order valence-corrected chi connectivity index (χ3v) is 4.09. The van der Waals surface area contributed by atoms with Crippen molar-refractivity contribution in [2.75, 3.05) is 5.32 Å². The maximum absolute atomic E-state index is 12.6. The fraction of sp³-hybridized carbons (Fsp3) is 0.0909. The van der Waals surface area contributed by atoms with E-state index in [4.69, 9.17) is 10.5 Å². The summed E-state index contributed by atoms with van der Waals surface area (Å²) < 4.78 is 5.66. The highest BCUT2D eigenvalue weighted by molar-refractivity contribution is 5.98. The molecule has 0 saturated heterocycles. The van der Waals surface area contributed by atoms with Crippen LogP contribution in [0.1, 0.15) is 17.3 Å². The van der Waals surface area contributed by atoms with E-state index in [-0.39, 0.29) is 5.91 Å². The Bertz CT molecular complexity index is 937. The van der Waals surface area contributed by atoms with Gasteiger partial charge in [-0.3, -0.25) is 9.59 Å². The first kappa shape index (κ1) is 18.2. The first-order valence-electron chi connectivity index (χ1n) is 8.56. The Morgan fingerprint density at radius 1 is 0.889 bits per heavy atom. The second kappa shape index (κ2) is 8.19. The largest absolute Gasteiger partial charge is 0.481 e. The first-order chi connectivity index (χ1) is 13.0. The number of benzene rings is 3. The molecule has 0 aliphatic carbocycles. The Balaban J connectivity index is 1.71. The number of carbonyl (C=O) groups excluding carboxylic acids is 2. The SMILES string of the molecule is C[C@@H](Oc1ccc(C(N)=O)cc1)C(=O)Nc1ccccc1-c1ccccc1. The number of hydrogen-bond donors (Lipinski definition) is 2. The molecule has 0 spiro atoms. The monoisotopic (exact) mass is 360 g/mol. The van der Waals surface area contributed by atoms with Crippen molar-refractivity contribution in [1.82, 2.24) is 0 Å². The van der Waals surface area contributed by atoms with Gasteiger partial charge in [0, 0.05) is 16.8 Å². The van der Waals surface area contributed by atoms with Crippen LogP contribution in [0.4, 0.5) is 5.69 Å². The molecule has 5 nitrogen and oxygen atoms in total. The summed E-state index contributed by atoms with van der Waals surface area (Å²) in [6, 6.07) is 23.8. The summed E-state index contributed by atoms with van der Waals surface area (Å²) in [5.41, 5.74) is 8.27. The van der Waals surface area contributed by atoms with Gasteiger partial charge in [-0.05, 0) is 42.8 Å². The number of para-hydroxylation sites is 1. The van der Waals surface area contributed by atoms with Crippen LogP contribution in [0.5, 0.6) is 5.75 Å². The van der Waals surface area contributed by atoms with Crippen molar-refractivity contribution in [1.29, 1.82) is 0 Å². The zero-order valence-corrected chi connectivity index (χ0v) is 14.9. The molecule has 3 N–H and O–H groups in total. The predicted molar refractivity (Wildman–Crippen MR) is 106 cm³/mol. The molecule has 0 aromatic heterocycles. The highest BCUT2D eigenvalue weighted by Gasteiger charge is 2.17. The summed E-state index contributed by atoms with van der Waals surface area (Å²) in [7, 11) is 0. The van der Waals surface area contributed by atoms with Gasteiger partial charge in [-0.1, -0.05) is 48.5 Å². The quantitative estimate of drug-likeness (QED) is 0.700. The van der Waals surface area contributed by atoms with Crippen LogP contribution in [0.25, 0.3) is 11.1 Å². The first-order valence-corrected chi connectivity index (χ1v) is 8.56. The zero-order chi connectivity index (χ0) is 19.2. The average molecular weight is 360 g/mol. The molecule has 0 saturated carbocycles. The molecule has 1 atom stereocenters. The number of anilines is 1. The standard InChI is InChI=1S/C22H20N2O3/c1-15(27-18-13-11-17(12-14-18)21(23)25)22(26)24-20-10-6-5-9-19(20)16-7-3-2-4-8-16/h2-15H,1H3,(H2,23,25)(H,24,26)/t15-/m1/s1. The van der Waals surface area contributed by atoms with Gasteiger partial charge in [0.25, 0.3) is 5.91 Å². The maximum atomic E-state index is 12.6. The van der Waals surface area contributed by atoms with Gasteiger partial charge < -0.3 is 15.8 Å². The second-order valence-electron chi connectivity index (χ2n) is 6.05. The molecule has 0 unspecified atom stereocenters. The number of nitrogens with one attached hydrogen (secondary N) is 1. The highest BCUT2D eigenvalue weighted by atomic mass is 16.5. The summed E-state index contributed by atoms with van der Waals surface area (Å²) in [5.74, 6) is -0.291. The van der Waals surface area contributed by atoms with Crippen LogP contribution in [0, 0.1) is 0 Å². The molecule has 0 aliphatic heterocycles. The van der Waals surface area contributed by atoms with E-state index in [0.717, 1.165) is 11.1 Å². The van der Waals surface area contributed by atoms with E-state index < -0.39 is 12.0 Å². The van der Waals surface area contributed by atoms with Crippen molar-refractivity contribution in [3.05, 3.63) is 84.4 Å². The van der Waals surface area contributed by atoms with Crippen LogP contribution in [-0.2, 0) is 4.79 Å². The number of amides is 2. The summed E-state index contributed by atoms with van der Waals surface area (Å²) in [4.78, 5) is 23.7. The number of rotatable bonds is 6. The summed E-state index contributed by atoms with van der Waals surface area (Å²) >= 11 is 0. The normalized spacial score (nSPS) is 11.4. The molecule has 3 aromatic carbocycles. The van der Waals surface area contributed by atoms with Gasteiger partial charge in [-0.2, -0.15) is 0 Å². The summed E-state index contributed by atoms with van der Waals surface area (Å²) in [6.07, 6.45) is -0.715. The molecular weight excluding hydrogens is 340 g/mol. The third-order valence-electron chi connectivity index (χ3n) is 4.09. The van der Waals surface area contributed by atoms with Crippen LogP contribution in [0.2, 0.25) is 0 Å². The van der Waals surface area contributed by atoms with Crippen LogP contribution >= 0.6 is 0 Å². The van der Waals surface area contributed by atoms with Gasteiger partial charge in [0.1, 0.15) is 5.75 Å². The molecule has 3 aromatic rings. The fourth-order valence-corrected chi connectivity index (χ4v) is 2.65. The van der Waals surface area contributed by atoms with Gasteiger partial charge in [-0.25, -0.2) is 0 Å². The number of nitrogens with two attached hydrogens (primary N) is 1. The van der Waals surface area contributed by atoms with Gasteiger partial charge in [0.2, 0.25) is 5.91 Å². The number of carbonyl (C=O) groups is 2. The summed E-state index contributed by atoms with van der Waals surface area (Å²) in [6.45, 7) is 1.67. The Morgan fingerprint density at radius 3 is 2.19 bits per heavy atom. The molecule has 3 rings (SSSR count). The molecule has 0 heterocycles. The van der Waals surface area contributed by atoms with Crippen molar-refractivity contribution in [3.63, 3.8) is 0 Å². The maximum Gasteiger partial charge on any atom is 0.265 e. The highest BCUT2D eigenvalue weighted by Crippen LogP contribution is 2.27. The van der Waals surface area contributed by atoms with Crippen LogP contribution < -0.4 is 15.8 Å². The lowest BCUT2D eigenvalue weighted by molar-refractivity contribution is -0.122. The van der Waals surface area contributed by atoms with E-state index in [2.05, 4.69) is 5.32 Å². The Morgan fingerprint density at radius 2 is 1.52 bits per heavy atom. The van der Waals surface area contributed by atoms with Crippen molar-refractivity contribution < 1.29 is 14.3 Å². The molecule has 0 fully saturated rings. The van der Waals surface area contributed by atoms with E-state index in [0.29, 0.717) is 17.0 Å². The van der Waals surface area contributed by atoms with Crippen molar-refractivity contribution in [2.24, 2.45) is 5.73 Å². The number of primary amides is 1. The molecule has 27 heavy (non-hydrogen) atoms. The van der Waals surface area contributed by atoms with E-state index in [1.807, 2.05) is 54.6 Å². The number of hydrogen-bond acceptors (Lipinski definition) is 3. The molecular formula is C22H20N2O3. The van der Waals surface area contributed by atoms with Gasteiger partial charge in [0.05, 0.1) is 0 Å². The minimum Gasteiger partial charge on any atom is -0.481 e. The van der Waals surface area contributed by atoms with Gasteiger partial charge in [0.15, 0.2) is 6.10 Å². The van der Waals surface area contributed by atoms with Crippen molar-refractivity contribution >= 4 is 17.5 Å². The minimum absolute atomic E-state index is 0.266. The van der Waals surface area contributed by atoms with E-state index >= 15 is 0 Å². The fourth-order valence-electron chi connectivity index (χ4n) is 2.65. The Hall–Kier alpha value is -3.60. The van der Waals surface area contributed by atoms with E-state index in [1.165, 1.54) is 0 Å². The molecule has 0 aliphatic rings. The molecule has 2 amide bonds. The van der Waals surface area contributed by atoms with E-state index in [1.54, 1.807) is 31.2 Å².